The van der Waals surface area contributed by atoms with E-state index in [1.165, 1.54) is 64.9 Å². The molecule has 0 amide bonds. The van der Waals surface area contributed by atoms with Crippen molar-refractivity contribution in [3.8, 4) is 17.1 Å². The molecule has 0 fully saturated rings. The van der Waals surface area contributed by atoms with Crippen molar-refractivity contribution < 1.29 is 24.5 Å². The van der Waals surface area contributed by atoms with Crippen molar-refractivity contribution in [1.29, 1.82) is 0 Å². The number of fused-ring (bicyclic) bond motifs is 1. The summed E-state index contributed by atoms with van der Waals surface area (Å²) >= 11 is 0. The number of anilines is 1. The molecule has 2 heterocycles. The van der Waals surface area contributed by atoms with Crippen LogP contribution in [0.1, 0.15) is 43.0 Å². The number of ether oxygens (including phenoxy) is 1. The number of nitrogens with one attached hydrogen (secondary N) is 1. The molecule has 0 unspecified atom stereocenters. The summed E-state index contributed by atoms with van der Waals surface area (Å²) in [5.74, 6) is -2.13. The Morgan fingerprint density at radius 3 is 2.21 bits per heavy atom. The van der Waals surface area contributed by atoms with Gasteiger partial charge in [0.15, 0.2) is 0 Å². The van der Waals surface area contributed by atoms with E-state index in [1.807, 2.05) is 44.1 Å². The highest BCUT2D eigenvalue weighted by Gasteiger charge is 2.23. The predicted octanol–water partition coefficient (Wildman–Crippen LogP) is 5.44. The van der Waals surface area contributed by atoms with Crippen LogP contribution >= 0.6 is 0 Å². The van der Waals surface area contributed by atoms with Gasteiger partial charge in [0, 0.05) is 19.8 Å². The average molecular weight is 633 g/mol. The molecule has 47 heavy (non-hydrogen) atoms. The van der Waals surface area contributed by atoms with Gasteiger partial charge in [-0.15, -0.1) is 5.73 Å². The molecule has 0 atom stereocenters. The van der Waals surface area contributed by atoms with Crippen molar-refractivity contribution in [3.05, 3.63) is 133 Å². The highest BCUT2D eigenvalue weighted by Crippen LogP contribution is 2.28. The number of benzene rings is 3. The van der Waals surface area contributed by atoms with E-state index in [0.29, 0.717) is 11.3 Å². The van der Waals surface area contributed by atoms with E-state index >= 15 is 0 Å². The Morgan fingerprint density at radius 2 is 1.60 bits per heavy atom. The van der Waals surface area contributed by atoms with Crippen LogP contribution in [0.25, 0.3) is 34.6 Å². The van der Waals surface area contributed by atoms with Crippen molar-refractivity contribution in [2.45, 2.75) is 13.8 Å². The number of carboxylic acids is 2. The van der Waals surface area contributed by atoms with Crippen LogP contribution in [0, 0.1) is 13.8 Å². The molecule has 3 aromatic carbocycles. The lowest BCUT2D eigenvalue weighted by molar-refractivity contribution is 0.0686. The summed E-state index contributed by atoms with van der Waals surface area (Å²) in [5, 5.41) is 22.1. The quantitative estimate of drug-likeness (QED) is 0.144. The number of allylic oxidation sites excluding steroid dienone is 2. The molecule has 0 aliphatic rings. The van der Waals surface area contributed by atoms with E-state index in [2.05, 4.69) is 16.9 Å². The molecule has 3 N–H and O–H groups in total. The van der Waals surface area contributed by atoms with Gasteiger partial charge >= 0.3 is 11.9 Å². The van der Waals surface area contributed by atoms with Crippen molar-refractivity contribution in [3.63, 3.8) is 0 Å². The third-order valence-corrected chi connectivity index (χ3v) is 7.81. The summed E-state index contributed by atoms with van der Waals surface area (Å²) in [4.78, 5) is 53.4. The van der Waals surface area contributed by atoms with Gasteiger partial charge in [0.2, 0.25) is 0 Å². The summed E-state index contributed by atoms with van der Waals surface area (Å²) in [7, 11) is 5.34. The van der Waals surface area contributed by atoms with Crippen LogP contribution in [0.5, 0.6) is 5.75 Å². The highest BCUT2D eigenvalue weighted by molar-refractivity contribution is 5.90. The number of aryl methyl sites for hydroxylation is 2. The van der Waals surface area contributed by atoms with Gasteiger partial charge in [-0.25, -0.2) is 14.3 Å². The molecular weight excluding hydrogens is 600 g/mol. The summed E-state index contributed by atoms with van der Waals surface area (Å²) in [6, 6.07) is 15.9. The average Bonchev–Trinajstić information content (AvgIpc) is 3.39. The molecule has 5 aromatic rings. The number of carbonyl (C=O) groups is 2. The van der Waals surface area contributed by atoms with E-state index in [-0.39, 0.29) is 39.2 Å². The molecule has 0 bridgehead atoms. The lowest BCUT2D eigenvalue weighted by Crippen LogP contribution is -2.24. The zero-order chi connectivity index (χ0) is 34.0. The van der Waals surface area contributed by atoms with Crippen molar-refractivity contribution >= 4 is 40.8 Å². The third kappa shape index (κ3) is 6.15. The minimum Gasteiger partial charge on any atom is -0.495 e. The molecule has 238 valence electrons. The molecule has 0 aliphatic carbocycles. The number of aromatic nitrogens is 3. The second-order valence-electron chi connectivity index (χ2n) is 11.0. The van der Waals surface area contributed by atoms with Crippen LogP contribution < -0.4 is 20.8 Å². The van der Waals surface area contributed by atoms with E-state index < -0.39 is 23.1 Å². The fraction of sp³-hybridized carbons (Fsp3) is 0.139. The third-order valence-electron chi connectivity index (χ3n) is 7.81. The zero-order valence-electron chi connectivity index (χ0n) is 26.4. The zero-order valence-corrected chi connectivity index (χ0v) is 26.4. The molecule has 11 heteroatoms. The van der Waals surface area contributed by atoms with Gasteiger partial charge in [-0.2, -0.15) is 0 Å². The summed E-state index contributed by atoms with van der Waals surface area (Å²) in [5.41, 5.74) is 6.16. The first-order valence-electron chi connectivity index (χ1n) is 14.5. The van der Waals surface area contributed by atoms with Gasteiger partial charge < -0.3 is 19.8 Å². The maximum absolute atomic E-state index is 14.2. The smallest absolute Gasteiger partial charge is 0.335 e. The number of pyridine rings is 1. The Morgan fingerprint density at radius 1 is 0.915 bits per heavy atom. The second kappa shape index (κ2) is 13.0. The van der Waals surface area contributed by atoms with Gasteiger partial charge in [-0.05, 0) is 97.3 Å². The van der Waals surface area contributed by atoms with E-state index in [4.69, 9.17) is 4.74 Å². The lowest BCUT2D eigenvalue weighted by Gasteiger charge is -2.15. The Bertz CT molecular complexity index is 2260. The first-order chi connectivity index (χ1) is 22.4. The number of rotatable bonds is 9. The lowest BCUT2D eigenvalue weighted by atomic mass is 10.1. The molecule has 5 rings (SSSR count). The van der Waals surface area contributed by atoms with Crippen LogP contribution in [0.2, 0.25) is 0 Å². The minimum absolute atomic E-state index is 0.0372. The molecule has 0 saturated heterocycles. The van der Waals surface area contributed by atoms with Crippen molar-refractivity contribution in [1.82, 2.24) is 14.3 Å². The Labute approximate surface area is 269 Å². The maximum atomic E-state index is 14.2. The van der Waals surface area contributed by atoms with Crippen molar-refractivity contribution in [2.75, 3.05) is 26.1 Å². The molecule has 0 aliphatic heterocycles. The molecule has 11 nitrogen and oxygen atoms in total. The van der Waals surface area contributed by atoms with Gasteiger partial charge in [0.05, 0.1) is 40.6 Å². The predicted molar refractivity (Wildman–Crippen MR) is 182 cm³/mol. The number of carboxylic acid groups (broad SMARTS) is 2. The van der Waals surface area contributed by atoms with Gasteiger partial charge in [0.1, 0.15) is 11.4 Å². The molecule has 2 aromatic heterocycles. The summed E-state index contributed by atoms with van der Waals surface area (Å²) in [6.45, 7) is 3.66. The number of nitrogens with zero attached hydrogens (tertiary/aromatic N) is 3. The van der Waals surface area contributed by atoms with E-state index in [0.717, 1.165) is 16.8 Å². The molecular formula is C36H32N4O7. The summed E-state index contributed by atoms with van der Waals surface area (Å²) < 4.78 is 7.90. The Balaban J connectivity index is 1.72. The van der Waals surface area contributed by atoms with Gasteiger partial charge in [0.25, 0.3) is 11.1 Å². The number of H-pyrrole nitrogens is 1. The Hall–Kier alpha value is -6.32. The standard InChI is InChI=1S/C36H32N4O7/c1-21-19-27(38(3)4)17-11-23(21)9-7-6-8-10-28-22(2)31-32(37-40(34(31)42)26-15-12-24(13-16-26)35(43)44)39(33(28)41)29-20-25(36(45)46)14-18-30(29)47-5/h6-7,9-20,37H,1-5H3,(H,43,44)(H,45,46). The van der Waals surface area contributed by atoms with E-state index in [9.17, 15) is 29.4 Å². The number of methoxy groups -OCH3 is 1. The normalized spacial score (nSPS) is 11.0. The van der Waals surface area contributed by atoms with Crippen LogP contribution in [-0.2, 0) is 0 Å². The van der Waals surface area contributed by atoms with Crippen LogP contribution in [-0.4, -0.2) is 57.7 Å². The fourth-order valence-corrected chi connectivity index (χ4v) is 5.24. The van der Waals surface area contributed by atoms with E-state index in [1.54, 1.807) is 19.1 Å². The fourth-order valence-electron chi connectivity index (χ4n) is 5.24. The molecule has 0 saturated carbocycles. The first kappa shape index (κ1) is 32.1. The number of hydrogen-bond donors (Lipinski definition) is 3. The van der Waals surface area contributed by atoms with Crippen molar-refractivity contribution in [2.24, 2.45) is 0 Å². The monoisotopic (exact) mass is 632 g/mol. The van der Waals surface area contributed by atoms with Crippen LogP contribution in [0.4, 0.5) is 5.69 Å². The van der Waals surface area contributed by atoms with Gasteiger partial charge in [-0.3, -0.25) is 19.3 Å². The highest BCUT2D eigenvalue weighted by atomic mass is 16.5. The van der Waals surface area contributed by atoms with Crippen LogP contribution in [0.3, 0.4) is 0 Å². The number of hydrogen-bond acceptors (Lipinski definition) is 6. The van der Waals surface area contributed by atoms with Crippen LogP contribution in [0.15, 0.2) is 88.1 Å². The Kier molecular flexibility index (Phi) is 8.85. The first-order valence-corrected chi connectivity index (χ1v) is 14.5. The topological polar surface area (TPSA) is 147 Å². The second-order valence-corrected chi connectivity index (χ2v) is 11.0. The summed E-state index contributed by atoms with van der Waals surface area (Å²) in [6.07, 6.45) is 6.85. The number of aromatic carboxylic acids is 2. The molecule has 0 radical (unpaired) electrons. The number of aromatic amines is 1. The minimum atomic E-state index is -1.21. The van der Waals surface area contributed by atoms with Gasteiger partial charge in [-0.1, -0.05) is 18.2 Å². The SMILES string of the molecule is COc1ccc(C(=O)O)cc1-n1c(=O)c(C=C=CC=Cc2ccc(N(C)C)cc2C)c(C)c2c(=O)n(-c3ccc(C(=O)O)cc3)[nH]c21. The molecule has 0 spiro atoms. The largest absolute Gasteiger partial charge is 0.495 e. The maximum Gasteiger partial charge on any atom is 0.335 e.